The van der Waals surface area contributed by atoms with E-state index in [0.29, 0.717) is 22.8 Å². The summed E-state index contributed by atoms with van der Waals surface area (Å²) < 4.78 is 28.8. The number of amides is 2. The summed E-state index contributed by atoms with van der Waals surface area (Å²) in [6.45, 7) is 9.32. The van der Waals surface area contributed by atoms with Crippen molar-refractivity contribution < 1.29 is 18.0 Å². The fraction of sp³-hybridized carbons (Fsp3) is 0.333. The Morgan fingerprint density at radius 1 is 0.897 bits per heavy atom. The molecule has 208 valence electrons. The lowest BCUT2D eigenvalue weighted by Gasteiger charge is -2.32. The van der Waals surface area contributed by atoms with Gasteiger partial charge in [0.1, 0.15) is 12.6 Å². The van der Waals surface area contributed by atoms with E-state index in [4.69, 9.17) is 11.6 Å². The Balaban J connectivity index is 2.02. The number of halogens is 1. The first-order valence-corrected chi connectivity index (χ1v) is 14.7. The zero-order valence-corrected chi connectivity index (χ0v) is 24.6. The molecule has 2 amide bonds. The fourth-order valence-electron chi connectivity index (χ4n) is 3.99. The van der Waals surface area contributed by atoms with Crippen LogP contribution in [0.2, 0.25) is 5.02 Å². The first-order valence-electron chi connectivity index (χ1n) is 12.9. The number of aryl methyl sites for hydroxylation is 2. The molecule has 0 bridgehead atoms. The molecule has 0 aliphatic rings. The second-order valence-electron chi connectivity index (χ2n) is 10.1. The van der Waals surface area contributed by atoms with Gasteiger partial charge in [-0.25, -0.2) is 8.42 Å². The fourth-order valence-corrected chi connectivity index (χ4v) is 5.60. The van der Waals surface area contributed by atoms with Crippen molar-refractivity contribution in [3.05, 3.63) is 94.5 Å². The van der Waals surface area contributed by atoms with Gasteiger partial charge in [-0.3, -0.25) is 13.9 Å². The number of carbonyl (C=O) groups excluding carboxylic acids is 2. The van der Waals surface area contributed by atoms with Gasteiger partial charge in [0, 0.05) is 18.1 Å². The van der Waals surface area contributed by atoms with Crippen molar-refractivity contribution in [1.82, 2.24) is 10.2 Å². The molecule has 0 fully saturated rings. The Morgan fingerprint density at radius 2 is 1.56 bits per heavy atom. The number of sulfonamides is 1. The first kappa shape index (κ1) is 30.2. The molecule has 0 saturated carbocycles. The van der Waals surface area contributed by atoms with E-state index in [2.05, 4.69) is 5.32 Å². The Hall–Kier alpha value is -3.36. The summed E-state index contributed by atoms with van der Waals surface area (Å²) >= 11 is 6.40. The van der Waals surface area contributed by atoms with E-state index in [1.807, 2.05) is 33.8 Å². The lowest BCUT2D eigenvalue weighted by molar-refractivity contribution is -0.139. The second-order valence-corrected chi connectivity index (χ2v) is 12.4. The van der Waals surface area contributed by atoms with E-state index in [-0.39, 0.29) is 23.3 Å². The van der Waals surface area contributed by atoms with Crippen LogP contribution in [0.5, 0.6) is 0 Å². The Kier molecular flexibility index (Phi) is 10.2. The van der Waals surface area contributed by atoms with Crippen molar-refractivity contribution >= 4 is 39.1 Å². The van der Waals surface area contributed by atoms with E-state index in [1.165, 1.54) is 17.0 Å². The number of rotatable bonds is 11. The van der Waals surface area contributed by atoms with Gasteiger partial charge in [0.25, 0.3) is 10.0 Å². The third-order valence-electron chi connectivity index (χ3n) is 6.33. The van der Waals surface area contributed by atoms with Gasteiger partial charge in [0.15, 0.2) is 0 Å². The topological polar surface area (TPSA) is 86.8 Å². The molecule has 0 aromatic heterocycles. The maximum absolute atomic E-state index is 13.9. The van der Waals surface area contributed by atoms with Crippen molar-refractivity contribution in [1.29, 1.82) is 0 Å². The highest BCUT2D eigenvalue weighted by Gasteiger charge is 2.32. The van der Waals surface area contributed by atoms with Gasteiger partial charge in [-0.05, 0) is 68.1 Å². The van der Waals surface area contributed by atoms with Crippen molar-refractivity contribution in [2.24, 2.45) is 5.92 Å². The number of nitrogens with one attached hydrogen (secondary N) is 1. The van der Waals surface area contributed by atoms with Gasteiger partial charge in [0.05, 0.1) is 10.6 Å². The smallest absolute Gasteiger partial charge is 0.264 e. The largest absolute Gasteiger partial charge is 0.354 e. The average molecular weight is 570 g/mol. The van der Waals surface area contributed by atoms with Crippen LogP contribution in [-0.4, -0.2) is 44.3 Å². The summed E-state index contributed by atoms with van der Waals surface area (Å²) in [5.74, 6) is -0.628. The number of hydrogen-bond donors (Lipinski definition) is 1. The first-order chi connectivity index (χ1) is 18.4. The molecule has 0 unspecified atom stereocenters. The lowest BCUT2D eigenvalue weighted by Crippen LogP contribution is -2.51. The molecule has 3 aromatic rings. The third kappa shape index (κ3) is 7.83. The number of benzene rings is 3. The summed E-state index contributed by atoms with van der Waals surface area (Å²) in [7, 11) is -4.11. The molecular formula is C30H36ClN3O4S. The Labute approximate surface area is 236 Å². The zero-order valence-electron chi connectivity index (χ0n) is 23.0. The zero-order chi connectivity index (χ0) is 28.7. The number of nitrogens with zero attached hydrogens (tertiary/aromatic N) is 2. The molecule has 0 aliphatic carbocycles. The summed E-state index contributed by atoms with van der Waals surface area (Å²) in [6.07, 6.45) is 0. The number of carbonyl (C=O) groups is 2. The summed E-state index contributed by atoms with van der Waals surface area (Å²) in [4.78, 5) is 28.4. The Morgan fingerprint density at radius 3 is 2.18 bits per heavy atom. The monoisotopic (exact) mass is 569 g/mol. The van der Waals surface area contributed by atoms with Crippen molar-refractivity contribution in [3.8, 4) is 0 Å². The maximum Gasteiger partial charge on any atom is 0.264 e. The van der Waals surface area contributed by atoms with Crippen LogP contribution in [0.15, 0.2) is 77.7 Å². The van der Waals surface area contributed by atoms with Crippen LogP contribution in [0, 0.1) is 19.8 Å². The van der Waals surface area contributed by atoms with E-state index in [1.54, 1.807) is 61.5 Å². The van der Waals surface area contributed by atoms with Gasteiger partial charge in [-0.1, -0.05) is 73.5 Å². The lowest BCUT2D eigenvalue weighted by atomic mass is 10.1. The summed E-state index contributed by atoms with van der Waals surface area (Å²) in [6, 6.07) is 19.7. The van der Waals surface area contributed by atoms with E-state index in [0.717, 1.165) is 15.4 Å². The molecule has 7 nitrogen and oxygen atoms in total. The van der Waals surface area contributed by atoms with E-state index < -0.39 is 28.5 Å². The minimum Gasteiger partial charge on any atom is -0.354 e. The maximum atomic E-state index is 13.9. The SMILES string of the molecule is Cc1ccc(S(=O)(=O)N(CC(=O)N(Cc2ccccc2Cl)[C@H](C)C(=O)NCC(C)C)c2cccc(C)c2)cc1. The van der Waals surface area contributed by atoms with Crippen molar-refractivity contribution in [2.75, 3.05) is 17.4 Å². The second kappa shape index (κ2) is 13.1. The summed E-state index contributed by atoms with van der Waals surface area (Å²) in [5.41, 5.74) is 2.77. The van der Waals surface area contributed by atoms with Crippen LogP contribution in [0.25, 0.3) is 0 Å². The molecular weight excluding hydrogens is 534 g/mol. The highest BCUT2D eigenvalue weighted by atomic mass is 35.5. The third-order valence-corrected chi connectivity index (χ3v) is 8.48. The van der Waals surface area contributed by atoms with Crippen LogP contribution in [-0.2, 0) is 26.2 Å². The molecule has 3 rings (SSSR count). The molecule has 1 N–H and O–H groups in total. The summed E-state index contributed by atoms with van der Waals surface area (Å²) in [5, 5.41) is 3.33. The van der Waals surface area contributed by atoms with Crippen molar-refractivity contribution in [2.45, 2.75) is 52.1 Å². The molecule has 0 radical (unpaired) electrons. The minimum absolute atomic E-state index is 0.0427. The Bertz CT molecular complexity index is 1410. The molecule has 0 saturated heterocycles. The van der Waals surface area contributed by atoms with Gasteiger partial charge >= 0.3 is 0 Å². The van der Waals surface area contributed by atoms with Crippen LogP contribution in [0.1, 0.15) is 37.5 Å². The van der Waals surface area contributed by atoms with E-state index >= 15 is 0 Å². The van der Waals surface area contributed by atoms with Crippen molar-refractivity contribution in [3.63, 3.8) is 0 Å². The van der Waals surface area contributed by atoms with Gasteiger partial charge in [-0.15, -0.1) is 0 Å². The molecule has 0 spiro atoms. The predicted octanol–water partition coefficient (Wildman–Crippen LogP) is 5.34. The molecule has 0 aliphatic heterocycles. The van der Waals surface area contributed by atoms with Gasteiger partial charge < -0.3 is 10.2 Å². The number of hydrogen-bond acceptors (Lipinski definition) is 4. The standard InChI is InChI=1S/C30H36ClN3O4S/c1-21(2)18-32-30(36)24(5)33(19-25-10-6-7-12-28(25)31)29(35)20-34(26-11-8-9-23(4)17-26)39(37,38)27-15-13-22(3)14-16-27/h6-17,21,24H,18-20H2,1-5H3,(H,32,36)/t24-/m1/s1. The molecule has 9 heteroatoms. The molecule has 3 aromatic carbocycles. The quantitative estimate of drug-likeness (QED) is 0.338. The van der Waals surface area contributed by atoms with E-state index in [9.17, 15) is 18.0 Å². The van der Waals surface area contributed by atoms with Crippen LogP contribution in [0.3, 0.4) is 0 Å². The average Bonchev–Trinajstić information content (AvgIpc) is 2.89. The normalized spacial score (nSPS) is 12.2. The van der Waals surface area contributed by atoms with Gasteiger partial charge in [0.2, 0.25) is 11.8 Å². The molecule has 39 heavy (non-hydrogen) atoms. The van der Waals surface area contributed by atoms with Crippen LogP contribution in [0.4, 0.5) is 5.69 Å². The minimum atomic E-state index is -4.11. The van der Waals surface area contributed by atoms with Gasteiger partial charge in [-0.2, -0.15) is 0 Å². The highest BCUT2D eigenvalue weighted by Crippen LogP contribution is 2.26. The highest BCUT2D eigenvalue weighted by molar-refractivity contribution is 7.92. The number of anilines is 1. The predicted molar refractivity (Wildman–Crippen MR) is 156 cm³/mol. The van der Waals surface area contributed by atoms with Crippen LogP contribution < -0.4 is 9.62 Å². The molecule has 0 heterocycles. The molecule has 1 atom stereocenters. The van der Waals surface area contributed by atoms with Crippen LogP contribution >= 0.6 is 11.6 Å².